The Morgan fingerprint density at radius 2 is 1.92 bits per heavy atom. The zero-order chi connectivity index (χ0) is 18.4. The molecule has 0 spiro atoms. The van der Waals surface area contributed by atoms with Crippen LogP contribution in [0.15, 0.2) is 40.4 Å². The van der Waals surface area contributed by atoms with E-state index in [4.69, 9.17) is 9.47 Å². The summed E-state index contributed by atoms with van der Waals surface area (Å²) in [6, 6.07) is 10.0. The number of ether oxygens (including phenoxy) is 2. The van der Waals surface area contributed by atoms with Crippen molar-refractivity contribution in [1.29, 1.82) is 0 Å². The second-order valence-electron chi connectivity index (χ2n) is 5.98. The summed E-state index contributed by atoms with van der Waals surface area (Å²) >= 11 is 1.41. The van der Waals surface area contributed by atoms with Gasteiger partial charge in [-0.15, -0.1) is 0 Å². The predicted octanol–water partition coefficient (Wildman–Crippen LogP) is 3.32. The molecule has 8 heteroatoms. The van der Waals surface area contributed by atoms with Gasteiger partial charge in [0.2, 0.25) is 11.1 Å². The summed E-state index contributed by atoms with van der Waals surface area (Å²) in [6.45, 7) is 2.15. The number of carbonyl (C=O) groups is 1. The van der Waals surface area contributed by atoms with Crippen molar-refractivity contribution in [1.82, 2.24) is 15.0 Å². The Bertz CT molecular complexity index is 751. The largest absolute Gasteiger partial charge is 0.467 e. The van der Waals surface area contributed by atoms with Gasteiger partial charge in [0, 0.05) is 4.90 Å². The van der Waals surface area contributed by atoms with Crippen molar-refractivity contribution < 1.29 is 14.3 Å². The molecule has 1 heterocycles. The minimum Gasteiger partial charge on any atom is -0.467 e. The average molecular weight is 374 g/mol. The van der Waals surface area contributed by atoms with Gasteiger partial charge in [0.15, 0.2) is 0 Å². The zero-order valence-corrected chi connectivity index (χ0v) is 15.7. The lowest BCUT2D eigenvalue weighted by Crippen LogP contribution is -2.45. The highest BCUT2D eigenvalue weighted by Gasteiger charge is 2.43. The molecule has 1 saturated carbocycles. The molecule has 2 aromatic rings. The molecular weight excluding hydrogens is 352 g/mol. The summed E-state index contributed by atoms with van der Waals surface area (Å²) in [5, 5.41) is 3.71. The van der Waals surface area contributed by atoms with Gasteiger partial charge in [0.1, 0.15) is 5.54 Å². The number of hydrogen-bond donors (Lipinski definition) is 1. The van der Waals surface area contributed by atoms with Crippen molar-refractivity contribution in [2.45, 2.75) is 48.2 Å². The van der Waals surface area contributed by atoms with Crippen LogP contribution in [0.25, 0.3) is 0 Å². The molecule has 0 bridgehead atoms. The van der Waals surface area contributed by atoms with Crippen molar-refractivity contribution in [3.8, 4) is 6.01 Å². The van der Waals surface area contributed by atoms with Crippen molar-refractivity contribution in [2.24, 2.45) is 0 Å². The van der Waals surface area contributed by atoms with Crippen LogP contribution in [0.3, 0.4) is 0 Å². The molecule has 138 valence electrons. The van der Waals surface area contributed by atoms with E-state index in [0.717, 1.165) is 17.7 Å². The van der Waals surface area contributed by atoms with Crippen LogP contribution >= 0.6 is 11.8 Å². The van der Waals surface area contributed by atoms with Gasteiger partial charge in [-0.25, -0.2) is 4.79 Å². The van der Waals surface area contributed by atoms with Gasteiger partial charge >= 0.3 is 12.0 Å². The summed E-state index contributed by atoms with van der Waals surface area (Å²) in [7, 11) is 1.51. The van der Waals surface area contributed by atoms with Crippen molar-refractivity contribution >= 4 is 23.7 Å². The molecule has 26 heavy (non-hydrogen) atoms. The Morgan fingerprint density at radius 3 is 2.58 bits per heavy atom. The number of benzene rings is 1. The third-order valence-corrected chi connectivity index (χ3v) is 5.08. The topological polar surface area (TPSA) is 86.2 Å². The van der Waals surface area contributed by atoms with E-state index in [1.807, 2.05) is 30.3 Å². The maximum absolute atomic E-state index is 12.5. The maximum atomic E-state index is 12.5. The highest BCUT2D eigenvalue weighted by molar-refractivity contribution is 7.99. The second kappa shape index (κ2) is 8.35. The number of anilines is 1. The predicted molar refractivity (Wildman–Crippen MR) is 98.4 cm³/mol. The summed E-state index contributed by atoms with van der Waals surface area (Å²) in [4.78, 5) is 26.5. The molecule has 1 aromatic carbocycles. The highest BCUT2D eigenvalue weighted by Crippen LogP contribution is 2.34. The molecule has 1 aromatic heterocycles. The number of hydrogen-bond acceptors (Lipinski definition) is 8. The molecule has 0 atom stereocenters. The Balaban J connectivity index is 1.86. The molecule has 0 saturated heterocycles. The molecule has 0 unspecified atom stereocenters. The minimum atomic E-state index is -0.781. The standard InChI is InChI=1S/C18H22N4O3S/c1-3-25-14(23)18(11-7-8-12-18)22-15-19-16(24-2)21-17(20-15)26-13-9-5-4-6-10-13/h4-6,9-10H,3,7-8,11-12H2,1-2H3,(H,19,20,21,22). The van der Waals surface area contributed by atoms with Gasteiger partial charge < -0.3 is 14.8 Å². The van der Waals surface area contributed by atoms with Crippen LogP contribution in [-0.4, -0.2) is 40.2 Å². The lowest BCUT2D eigenvalue weighted by Gasteiger charge is -2.27. The number of rotatable bonds is 7. The number of nitrogens with one attached hydrogen (secondary N) is 1. The molecule has 1 fully saturated rings. The first-order valence-corrected chi connectivity index (χ1v) is 9.45. The lowest BCUT2D eigenvalue weighted by molar-refractivity contribution is -0.148. The van der Waals surface area contributed by atoms with Gasteiger partial charge in [-0.05, 0) is 43.7 Å². The SMILES string of the molecule is CCOC(=O)C1(Nc2nc(OC)nc(Sc3ccccc3)n2)CCCC1. The summed E-state index contributed by atoms with van der Waals surface area (Å²) in [6.07, 6.45) is 3.31. The van der Waals surface area contributed by atoms with E-state index >= 15 is 0 Å². The first-order chi connectivity index (χ1) is 12.6. The number of esters is 1. The van der Waals surface area contributed by atoms with E-state index in [1.54, 1.807) is 6.92 Å². The van der Waals surface area contributed by atoms with Crippen LogP contribution in [0, 0.1) is 0 Å². The Labute approximate surface area is 156 Å². The van der Waals surface area contributed by atoms with E-state index in [-0.39, 0.29) is 12.0 Å². The number of carbonyl (C=O) groups excluding carboxylic acids is 1. The van der Waals surface area contributed by atoms with Crippen molar-refractivity contribution in [2.75, 3.05) is 19.0 Å². The van der Waals surface area contributed by atoms with E-state index < -0.39 is 5.54 Å². The summed E-state index contributed by atoms with van der Waals surface area (Å²) < 4.78 is 10.5. The minimum absolute atomic E-state index is 0.206. The molecule has 3 rings (SSSR count). The van der Waals surface area contributed by atoms with Gasteiger partial charge in [-0.2, -0.15) is 15.0 Å². The highest BCUT2D eigenvalue weighted by atomic mass is 32.2. The number of methoxy groups -OCH3 is 1. The molecule has 0 aliphatic heterocycles. The van der Waals surface area contributed by atoms with Crippen LogP contribution in [0.4, 0.5) is 5.95 Å². The quantitative estimate of drug-likeness (QED) is 0.739. The molecule has 1 N–H and O–H groups in total. The Kier molecular flexibility index (Phi) is 5.92. The molecule has 7 nitrogen and oxygen atoms in total. The van der Waals surface area contributed by atoms with E-state index in [1.165, 1.54) is 18.9 Å². The number of nitrogens with zero attached hydrogens (tertiary/aromatic N) is 3. The Morgan fingerprint density at radius 1 is 1.19 bits per heavy atom. The average Bonchev–Trinajstić information content (AvgIpc) is 3.12. The van der Waals surface area contributed by atoms with Crippen LogP contribution in [0.2, 0.25) is 0 Å². The van der Waals surface area contributed by atoms with E-state index in [2.05, 4.69) is 20.3 Å². The fourth-order valence-electron chi connectivity index (χ4n) is 2.97. The second-order valence-corrected chi connectivity index (χ2v) is 7.02. The van der Waals surface area contributed by atoms with Crippen LogP contribution in [-0.2, 0) is 9.53 Å². The van der Waals surface area contributed by atoms with Gasteiger partial charge in [0.25, 0.3) is 0 Å². The first kappa shape index (κ1) is 18.4. The molecule has 0 radical (unpaired) electrons. The number of aromatic nitrogens is 3. The van der Waals surface area contributed by atoms with Crippen molar-refractivity contribution in [3.63, 3.8) is 0 Å². The molecular formula is C18H22N4O3S. The zero-order valence-electron chi connectivity index (χ0n) is 14.9. The smallest absolute Gasteiger partial charge is 0.331 e. The monoisotopic (exact) mass is 374 g/mol. The van der Waals surface area contributed by atoms with E-state index in [0.29, 0.717) is 30.6 Å². The first-order valence-electron chi connectivity index (χ1n) is 8.63. The molecule has 1 aliphatic carbocycles. The normalized spacial score (nSPS) is 15.5. The summed E-state index contributed by atoms with van der Waals surface area (Å²) in [5.41, 5.74) is -0.781. The van der Waals surface area contributed by atoms with Crippen LogP contribution in [0.1, 0.15) is 32.6 Å². The molecule has 0 amide bonds. The fraction of sp³-hybridized carbons (Fsp3) is 0.444. The fourth-order valence-corrected chi connectivity index (χ4v) is 3.73. The van der Waals surface area contributed by atoms with Crippen molar-refractivity contribution in [3.05, 3.63) is 30.3 Å². The lowest BCUT2D eigenvalue weighted by atomic mass is 9.98. The third-order valence-electron chi connectivity index (χ3n) is 4.20. The van der Waals surface area contributed by atoms with Gasteiger partial charge in [-0.3, -0.25) is 0 Å². The maximum Gasteiger partial charge on any atom is 0.331 e. The van der Waals surface area contributed by atoms with Crippen LogP contribution < -0.4 is 10.1 Å². The molecule has 1 aliphatic rings. The van der Waals surface area contributed by atoms with E-state index in [9.17, 15) is 4.79 Å². The van der Waals surface area contributed by atoms with Gasteiger partial charge in [-0.1, -0.05) is 31.0 Å². The van der Waals surface area contributed by atoms with Crippen LogP contribution in [0.5, 0.6) is 6.01 Å². The Hall–Kier alpha value is -2.35. The summed E-state index contributed by atoms with van der Waals surface area (Å²) in [5.74, 6) is 0.0689. The van der Waals surface area contributed by atoms with Gasteiger partial charge in [0.05, 0.1) is 13.7 Å². The third kappa shape index (κ3) is 4.24.